The maximum atomic E-state index is 13.1. The molecule has 0 aliphatic rings. The maximum absolute atomic E-state index is 13.1. The number of hydrogen-bond acceptors (Lipinski definition) is 2. The number of rotatable bonds is 2. The maximum Gasteiger partial charge on any atom is 0.137 e. The Hall–Kier alpha value is -2.95. The van der Waals surface area contributed by atoms with Gasteiger partial charge >= 0.3 is 0 Å². The predicted molar refractivity (Wildman–Crippen MR) is 79.1 cm³/mol. The first-order chi connectivity index (χ1) is 10.3. The molecule has 0 fully saturated rings. The normalized spacial score (nSPS) is 11.1. The third-order valence-corrected chi connectivity index (χ3v) is 3.45. The Morgan fingerprint density at radius 2 is 1.76 bits per heavy atom. The largest absolute Gasteiger partial charge is 0.345 e. The molecule has 0 aliphatic heterocycles. The van der Waals surface area contributed by atoms with E-state index in [2.05, 4.69) is 20.2 Å². The van der Waals surface area contributed by atoms with Crippen molar-refractivity contribution in [3.63, 3.8) is 0 Å². The van der Waals surface area contributed by atoms with Crippen LogP contribution in [0.2, 0.25) is 0 Å². The van der Waals surface area contributed by atoms with E-state index in [9.17, 15) is 4.39 Å². The van der Waals surface area contributed by atoms with Crippen LogP contribution in [0.3, 0.4) is 0 Å². The van der Waals surface area contributed by atoms with E-state index in [-0.39, 0.29) is 5.82 Å². The molecule has 4 aromatic rings. The fourth-order valence-electron chi connectivity index (χ4n) is 2.41. The monoisotopic (exact) mass is 278 g/mol. The predicted octanol–water partition coefficient (Wildman–Crippen LogP) is 3.76. The van der Waals surface area contributed by atoms with Crippen LogP contribution in [0.5, 0.6) is 0 Å². The van der Waals surface area contributed by atoms with Crippen LogP contribution < -0.4 is 0 Å². The molecule has 102 valence electrons. The van der Waals surface area contributed by atoms with Crippen LogP contribution in [-0.4, -0.2) is 20.2 Å². The van der Waals surface area contributed by atoms with Crippen molar-refractivity contribution in [1.29, 1.82) is 0 Å². The summed E-state index contributed by atoms with van der Waals surface area (Å²) in [5.74, 6) is 0.554. The summed E-state index contributed by atoms with van der Waals surface area (Å²) in [7, 11) is 0. The smallest absolute Gasteiger partial charge is 0.137 e. The van der Waals surface area contributed by atoms with Crippen LogP contribution in [0.25, 0.3) is 33.5 Å². The molecule has 5 heteroatoms. The summed E-state index contributed by atoms with van der Waals surface area (Å²) in [5, 5.41) is 8.32. The van der Waals surface area contributed by atoms with E-state index in [1.807, 2.05) is 18.2 Å². The van der Waals surface area contributed by atoms with Crippen molar-refractivity contribution >= 4 is 10.9 Å². The van der Waals surface area contributed by atoms with Gasteiger partial charge in [-0.25, -0.2) is 9.37 Å². The highest BCUT2D eigenvalue weighted by Gasteiger charge is 2.10. The lowest BCUT2D eigenvalue weighted by molar-refractivity contribution is 0.628. The Balaban J connectivity index is 1.90. The van der Waals surface area contributed by atoms with Crippen LogP contribution in [-0.2, 0) is 0 Å². The molecular weight excluding hydrogens is 267 g/mol. The lowest BCUT2D eigenvalue weighted by Gasteiger charge is -2.00. The Morgan fingerprint density at radius 1 is 0.952 bits per heavy atom. The minimum Gasteiger partial charge on any atom is -0.345 e. The zero-order valence-electron chi connectivity index (χ0n) is 11.0. The number of hydrogen-bond donors (Lipinski definition) is 2. The van der Waals surface area contributed by atoms with Crippen molar-refractivity contribution in [2.45, 2.75) is 0 Å². The quantitative estimate of drug-likeness (QED) is 0.586. The van der Waals surface area contributed by atoms with Crippen molar-refractivity contribution in [1.82, 2.24) is 20.2 Å². The van der Waals surface area contributed by atoms with Gasteiger partial charge in [0, 0.05) is 28.9 Å². The van der Waals surface area contributed by atoms with Gasteiger partial charge in [-0.15, -0.1) is 0 Å². The molecule has 2 N–H and O–H groups in total. The van der Waals surface area contributed by atoms with Gasteiger partial charge in [-0.1, -0.05) is 0 Å². The third-order valence-electron chi connectivity index (χ3n) is 3.45. The van der Waals surface area contributed by atoms with Crippen LogP contribution in [0.4, 0.5) is 4.39 Å². The molecule has 21 heavy (non-hydrogen) atoms. The summed E-state index contributed by atoms with van der Waals surface area (Å²) in [4.78, 5) is 7.34. The van der Waals surface area contributed by atoms with Gasteiger partial charge in [-0.05, 0) is 42.5 Å². The lowest BCUT2D eigenvalue weighted by atomic mass is 10.1. The second-order valence-corrected chi connectivity index (χ2v) is 4.78. The van der Waals surface area contributed by atoms with Crippen molar-refractivity contribution < 1.29 is 4.39 Å². The first kappa shape index (κ1) is 11.8. The first-order valence-electron chi connectivity index (χ1n) is 6.55. The van der Waals surface area contributed by atoms with Crippen LogP contribution in [0.1, 0.15) is 0 Å². The summed E-state index contributed by atoms with van der Waals surface area (Å²) in [6.45, 7) is 0. The summed E-state index contributed by atoms with van der Waals surface area (Å²) in [5.41, 5.74) is 3.60. The fraction of sp³-hybridized carbons (Fsp3) is 0. The van der Waals surface area contributed by atoms with E-state index < -0.39 is 0 Å². The Bertz CT molecular complexity index is 892. The third kappa shape index (κ3) is 1.99. The average molecular weight is 278 g/mol. The van der Waals surface area contributed by atoms with Gasteiger partial charge in [0.15, 0.2) is 0 Å². The van der Waals surface area contributed by atoms with E-state index in [4.69, 9.17) is 0 Å². The molecular formula is C16H11FN4. The molecule has 2 aromatic heterocycles. The van der Waals surface area contributed by atoms with Gasteiger partial charge in [0.25, 0.3) is 0 Å². The van der Waals surface area contributed by atoms with Gasteiger partial charge in [0.2, 0.25) is 0 Å². The van der Waals surface area contributed by atoms with E-state index in [0.29, 0.717) is 0 Å². The molecule has 0 amide bonds. The summed E-state index contributed by atoms with van der Waals surface area (Å²) in [6, 6.07) is 12.3. The minimum absolute atomic E-state index is 0.255. The Kier molecular flexibility index (Phi) is 2.57. The number of aromatic nitrogens is 4. The molecule has 2 aromatic carbocycles. The van der Waals surface area contributed by atoms with Gasteiger partial charge in [0.05, 0.1) is 11.2 Å². The van der Waals surface area contributed by atoms with Crippen molar-refractivity contribution in [3.05, 3.63) is 60.7 Å². The van der Waals surface area contributed by atoms with E-state index in [1.54, 1.807) is 24.5 Å². The number of halogens is 1. The molecule has 0 unspecified atom stereocenters. The van der Waals surface area contributed by atoms with E-state index in [0.717, 1.165) is 33.5 Å². The van der Waals surface area contributed by atoms with Gasteiger partial charge < -0.3 is 4.98 Å². The highest BCUT2D eigenvalue weighted by molar-refractivity contribution is 5.95. The number of aromatic amines is 2. The van der Waals surface area contributed by atoms with Crippen LogP contribution in [0, 0.1) is 5.82 Å². The summed E-state index contributed by atoms with van der Waals surface area (Å²) >= 11 is 0. The summed E-state index contributed by atoms with van der Waals surface area (Å²) < 4.78 is 13.1. The first-order valence-corrected chi connectivity index (χ1v) is 6.55. The number of benzene rings is 2. The van der Waals surface area contributed by atoms with Crippen molar-refractivity contribution in [3.8, 4) is 22.6 Å². The molecule has 0 saturated carbocycles. The zero-order chi connectivity index (χ0) is 14.2. The standard InChI is InChI=1S/C16H11FN4/c17-12-4-1-10(2-5-12)15-13-9-11(16-18-7-8-19-16)3-6-14(13)20-21-15/h1-9H,(H,18,19)(H,20,21). The topological polar surface area (TPSA) is 57.4 Å². The molecule has 0 aliphatic carbocycles. The number of H-pyrrole nitrogens is 2. The number of nitrogens with one attached hydrogen (secondary N) is 2. The molecule has 0 bridgehead atoms. The Morgan fingerprint density at radius 3 is 2.52 bits per heavy atom. The second kappa shape index (κ2) is 4.56. The van der Waals surface area contributed by atoms with Crippen LogP contribution in [0.15, 0.2) is 54.9 Å². The fourth-order valence-corrected chi connectivity index (χ4v) is 2.41. The van der Waals surface area contributed by atoms with Crippen LogP contribution >= 0.6 is 0 Å². The number of nitrogens with zero attached hydrogens (tertiary/aromatic N) is 2. The molecule has 2 heterocycles. The van der Waals surface area contributed by atoms with Crippen molar-refractivity contribution in [2.24, 2.45) is 0 Å². The molecule has 4 rings (SSSR count). The summed E-state index contributed by atoms with van der Waals surface area (Å²) in [6.07, 6.45) is 3.51. The average Bonchev–Trinajstić information content (AvgIpc) is 3.17. The highest BCUT2D eigenvalue weighted by atomic mass is 19.1. The number of imidazole rings is 1. The lowest BCUT2D eigenvalue weighted by Crippen LogP contribution is -1.82. The van der Waals surface area contributed by atoms with Gasteiger partial charge in [-0.3, -0.25) is 5.10 Å². The molecule has 0 radical (unpaired) electrons. The minimum atomic E-state index is -0.255. The van der Waals surface area contributed by atoms with Crippen molar-refractivity contribution in [2.75, 3.05) is 0 Å². The van der Waals surface area contributed by atoms with Gasteiger partial charge in [0.1, 0.15) is 11.6 Å². The van der Waals surface area contributed by atoms with E-state index in [1.165, 1.54) is 12.1 Å². The molecule has 4 nitrogen and oxygen atoms in total. The Labute approximate surface area is 119 Å². The highest BCUT2D eigenvalue weighted by Crippen LogP contribution is 2.29. The zero-order valence-corrected chi connectivity index (χ0v) is 11.0. The molecule has 0 atom stereocenters. The molecule has 0 saturated heterocycles. The van der Waals surface area contributed by atoms with Gasteiger partial charge in [-0.2, -0.15) is 5.10 Å². The number of fused-ring (bicyclic) bond motifs is 1. The SMILES string of the molecule is Fc1ccc(-c2n[nH]c3ccc(-c4ncc[nH]4)cc23)cc1. The van der Waals surface area contributed by atoms with E-state index >= 15 is 0 Å². The molecule has 0 spiro atoms. The second-order valence-electron chi connectivity index (χ2n) is 4.78.